The van der Waals surface area contributed by atoms with Crippen molar-refractivity contribution >= 4 is 29.2 Å². The maximum absolute atomic E-state index is 13.9. The molecule has 190 valence electrons. The van der Waals surface area contributed by atoms with E-state index in [0.29, 0.717) is 59.1 Å². The molecule has 37 heavy (non-hydrogen) atoms. The normalized spacial score (nSPS) is 16.3. The molecule has 2 aliphatic heterocycles. The van der Waals surface area contributed by atoms with Crippen molar-refractivity contribution in [2.24, 2.45) is 10.7 Å². The van der Waals surface area contributed by atoms with Gasteiger partial charge in [-0.15, -0.1) is 5.92 Å². The number of aliphatic imine (C=N–C) groups is 1. The van der Waals surface area contributed by atoms with Gasteiger partial charge in [0.05, 0.1) is 12.1 Å². The van der Waals surface area contributed by atoms with E-state index in [0.717, 1.165) is 24.9 Å². The van der Waals surface area contributed by atoms with Crippen LogP contribution < -0.4 is 26.0 Å². The number of imidazole rings is 1. The van der Waals surface area contributed by atoms with Crippen molar-refractivity contribution in [3.05, 3.63) is 59.3 Å². The summed E-state index contributed by atoms with van der Waals surface area (Å²) in [6.07, 6.45) is 1.94. The molecule has 1 saturated heterocycles. The quantitative estimate of drug-likeness (QED) is 0.473. The van der Waals surface area contributed by atoms with Crippen molar-refractivity contribution < 1.29 is 9.53 Å². The van der Waals surface area contributed by atoms with E-state index in [1.54, 1.807) is 14.0 Å². The average Bonchev–Trinajstić information content (AvgIpc) is 3.20. The maximum atomic E-state index is 13.9. The first-order valence-electron chi connectivity index (χ1n) is 12.4. The van der Waals surface area contributed by atoms with Crippen molar-refractivity contribution in [2.75, 3.05) is 30.4 Å². The lowest BCUT2D eigenvalue weighted by Gasteiger charge is -2.31. The Kier molecular flexibility index (Phi) is 6.84. The first kappa shape index (κ1) is 24.4. The third kappa shape index (κ3) is 4.88. The van der Waals surface area contributed by atoms with Crippen LogP contribution in [0.1, 0.15) is 41.4 Å². The summed E-state index contributed by atoms with van der Waals surface area (Å²) in [5.41, 5.74) is 9.00. The lowest BCUT2D eigenvalue weighted by molar-refractivity contribution is 0.0969. The molecule has 2 aliphatic rings. The van der Waals surface area contributed by atoms with Crippen LogP contribution in [0, 0.1) is 18.8 Å². The highest BCUT2D eigenvalue weighted by molar-refractivity contribution is 6.16. The van der Waals surface area contributed by atoms with Crippen molar-refractivity contribution in [2.45, 2.75) is 39.3 Å². The van der Waals surface area contributed by atoms with Gasteiger partial charge in [-0.05, 0) is 51.0 Å². The highest BCUT2D eigenvalue weighted by atomic mass is 16.5. The SMILES string of the molecule is CC#CCn1c(N2CCCC(N)C2)nc(NC)c1C(=O)NC1=Nc2ccccc2Oc2ccc(C)cc21. The largest absolute Gasteiger partial charge is 0.454 e. The fourth-order valence-corrected chi connectivity index (χ4v) is 4.70. The summed E-state index contributed by atoms with van der Waals surface area (Å²) >= 11 is 0. The van der Waals surface area contributed by atoms with Crippen LogP contribution in [0.25, 0.3) is 0 Å². The van der Waals surface area contributed by atoms with E-state index in [9.17, 15) is 4.79 Å². The fraction of sp³-hybridized carbons (Fsp3) is 0.321. The van der Waals surface area contributed by atoms with Crippen molar-refractivity contribution in [1.82, 2.24) is 14.9 Å². The van der Waals surface area contributed by atoms with E-state index in [1.165, 1.54) is 0 Å². The molecule has 1 fully saturated rings. The Hall–Kier alpha value is -4.29. The monoisotopic (exact) mass is 497 g/mol. The molecule has 0 aliphatic carbocycles. The van der Waals surface area contributed by atoms with Gasteiger partial charge in [-0.3, -0.25) is 9.36 Å². The Morgan fingerprint density at radius 3 is 2.86 bits per heavy atom. The van der Waals surface area contributed by atoms with Gasteiger partial charge in [-0.25, -0.2) is 4.99 Å². The first-order valence-corrected chi connectivity index (χ1v) is 12.4. The molecule has 1 aromatic heterocycles. The summed E-state index contributed by atoms with van der Waals surface area (Å²) in [7, 11) is 1.76. The summed E-state index contributed by atoms with van der Waals surface area (Å²) in [5.74, 6) is 8.50. The van der Waals surface area contributed by atoms with Gasteiger partial charge >= 0.3 is 0 Å². The third-order valence-corrected chi connectivity index (χ3v) is 6.49. The van der Waals surface area contributed by atoms with Crippen LogP contribution in [-0.4, -0.2) is 47.5 Å². The van der Waals surface area contributed by atoms with E-state index < -0.39 is 0 Å². The Morgan fingerprint density at radius 1 is 1.24 bits per heavy atom. The number of aryl methyl sites for hydroxylation is 1. The minimum atomic E-state index is -0.340. The van der Waals surface area contributed by atoms with E-state index in [4.69, 9.17) is 20.4 Å². The molecule has 9 heteroatoms. The van der Waals surface area contributed by atoms with Crippen LogP contribution >= 0.6 is 0 Å². The number of hydrogen-bond donors (Lipinski definition) is 3. The molecule has 0 saturated carbocycles. The third-order valence-electron chi connectivity index (χ3n) is 6.49. The maximum Gasteiger partial charge on any atom is 0.277 e. The predicted molar refractivity (Wildman–Crippen MR) is 146 cm³/mol. The summed E-state index contributed by atoms with van der Waals surface area (Å²) in [6, 6.07) is 13.4. The second-order valence-corrected chi connectivity index (χ2v) is 9.20. The minimum Gasteiger partial charge on any atom is -0.454 e. The Morgan fingerprint density at radius 2 is 2.08 bits per heavy atom. The van der Waals surface area contributed by atoms with E-state index >= 15 is 0 Å². The van der Waals surface area contributed by atoms with E-state index in [1.807, 2.05) is 54.0 Å². The number of nitrogens with one attached hydrogen (secondary N) is 2. The van der Waals surface area contributed by atoms with Gasteiger partial charge in [-0.1, -0.05) is 29.7 Å². The number of para-hydroxylation sites is 2. The number of anilines is 2. The zero-order valence-corrected chi connectivity index (χ0v) is 21.3. The van der Waals surface area contributed by atoms with E-state index in [-0.39, 0.29) is 11.9 Å². The Balaban J connectivity index is 1.58. The fourth-order valence-electron chi connectivity index (χ4n) is 4.70. The number of amides is 1. The zero-order valence-electron chi connectivity index (χ0n) is 21.3. The number of rotatable bonds is 4. The topological polar surface area (TPSA) is 110 Å². The second kappa shape index (κ2) is 10.4. The van der Waals surface area contributed by atoms with E-state index in [2.05, 4.69) is 27.4 Å². The molecular weight excluding hydrogens is 466 g/mol. The second-order valence-electron chi connectivity index (χ2n) is 9.20. The van der Waals surface area contributed by atoms with Crippen LogP contribution in [0.15, 0.2) is 47.5 Å². The molecule has 3 heterocycles. The number of fused-ring (bicyclic) bond motifs is 2. The summed E-state index contributed by atoms with van der Waals surface area (Å²) in [4.78, 5) is 25.7. The van der Waals surface area contributed by atoms with Crippen LogP contribution in [0.4, 0.5) is 17.5 Å². The first-order chi connectivity index (χ1) is 18.0. The molecule has 1 unspecified atom stereocenters. The molecule has 1 amide bonds. The predicted octanol–water partition coefficient (Wildman–Crippen LogP) is 3.80. The van der Waals surface area contributed by atoms with Crippen LogP contribution in [0.2, 0.25) is 0 Å². The van der Waals surface area contributed by atoms with Crippen molar-refractivity contribution in [1.29, 1.82) is 0 Å². The summed E-state index contributed by atoms with van der Waals surface area (Å²) < 4.78 is 8.01. The van der Waals surface area contributed by atoms with Crippen LogP contribution in [0.3, 0.4) is 0 Å². The molecule has 0 spiro atoms. The summed E-state index contributed by atoms with van der Waals surface area (Å²) in [5, 5.41) is 6.15. The van der Waals surface area contributed by atoms with Crippen LogP contribution in [-0.2, 0) is 6.54 Å². The Bertz CT molecular complexity index is 1430. The van der Waals surface area contributed by atoms with Gasteiger partial charge in [0, 0.05) is 26.2 Å². The number of benzene rings is 2. The molecule has 2 aromatic carbocycles. The zero-order chi connectivity index (χ0) is 25.9. The molecular formula is C28H31N7O2. The summed E-state index contributed by atoms with van der Waals surface area (Å²) in [6.45, 7) is 5.59. The van der Waals surface area contributed by atoms with Crippen LogP contribution in [0.5, 0.6) is 11.5 Å². The van der Waals surface area contributed by atoms with Gasteiger partial charge in [-0.2, -0.15) is 4.98 Å². The molecule has 0 bridgehead atoms. The number of ether oxygens (including phenoxy) is 1. The van der Waals surface area contributed by atoms with Crippen molar-refractivity contribution in [3.63, 3.8) is 0 Å². The van der Waals surface area contributed by atoms with Crippen molar-refractivity contribution in [3.8, 4) is 23.3 Å². The molecule has 4 N–H and O–H groups in total. The molecule has 9 nitrogen and oxygen atoms in total. The van der Waals surface area contributed by atoms with Gasteiger partial charge in [0.25, 0.3) is 5.91 Å². The Labute approximate surface area is 216 Å². The smallest absolute Gasteiger partial charge is 0.277 e. The average molecular weight is 498 g/mol. The number of carbonyl (C=O) groups excluding carboxylic acids is 1. The number of hydrogen-bond acceptors (Lipinski definition) is 7. The molecule has 0 radical (unpaired) electrons. The van der Waals surface area contributed by atoms with Gasteiger partial charge < -0.3 is 26.0 Å². The lowest BCUT2D eigenvalue weighted by atomic mass is 10.1. The van der Waals surface area contributed by atoms with Gasteiger partial charge in [0.15, 0.2) is 17.3 Å². The lowest BCUT2D eigenvalue weighted by Crippen LogP contribution is -2.44. The van der Waals surface area contributed by atoms with Gasteiger partial charge in [0.2, 0.25) is 5.95 Å². The number of carbonyl (C=O) groups is 1. The highest BCUT2D eigenvalue weighted by Crippen LogP contribution is 2.37. The molecule has 1 atom stereocenters. The highest BCUT2D eigenvalue weighted by Gasteiger charge is 2.29. The number of nitrogens with two attached hydrogens (primary N) is 1. The minimum absolute atomic E-state index is 0.0617. The molecule has 5 rings (SSSR count). The van der Waals surface area contributed by atoms with Gasteiger partial charge in [0.1, 0.15) is 17.3 Å². The number of piperidine rings is 1. The standard InChI is InChI=1S/C28H31N7O2/c1-4-5-15-35-24(26(30-3)33-28(35)34-14-8-9-19(29)17-34)27(36)32-25-20-16-18(2)12-13-22(20)37-23-11-7-6-10-21(23)31-25/h6-7,10-13,16,19,30H,8-9,14-15,17,29H2,1-3H3,(H,31,32,36). The molecule has 3 aromatic rings. The number of amidine groups is 1. The number of aromatic nitrogens is 2. The number of nitrogens with zero attached hydrogens (tertiary/aromatic N) is 4.